The second-order valence-corrected chi connectivity index (χ2v) is 3.02. The molecule has 12 heavy (non-hydrogen) atoms. The summed E-state index contributed by atoms with van der Waals surface area (Å²) in [6.45, 7) is 8.76. The summed E-state index contributed by atoms with van der Waals surface area (Å²) in [6, 6.07) is 0. The van der Waals surface area contributed by atoms with Crippen molar-refractivity contribution >= 4 is 5.78 Å². The van der Waals surface area contributed by atoms with Crippen molar-refractivity contribution < 1.29 is 4.79 Å². The zero-order chi connectivity index (χ0) is 9.61. The molecule has 1 aliphatic heterocycles. The largest absolute Gasteiger partial charge is 0.305 e. The van der Waals surface area contributed by atoms with Crippen LogP contribution in [0.1, 0.15) is 47.0 Å². The Hall–Kier alpha value is -0.370. The van der Waals surface area contributed by atoms with Gasteiger partial charge in [0.25, 0.3) is 0 Å². The Morgan fingerprint density at radius 1 is 1.50 bits per heavy atom. The maximum absolute atomic E-state index is 11.1. The molecule has 1 saturated heterocycles. The van der Waals surface area contributed by atoms with E-state index in [1.165, 1.54) is 0 Å². The van der Waals surface area contributed by atoms with Crippen LogP contribution in [-0.2, 0) is 4.79 Å². The third kappa shape index (κ3) is 2.31. The smallest absolute Gasteiger partial charge is 0.149 e. The first-order valence-electron chi connectivity index (χ1n) is 4.97. The van der Waals surface area contributed by atoms with Gasteiger partial charge in [0.15, 0.2) is 0 Å². The first kappa shape index (κ1) is 11.6. The number of Topliss-reactive ketones (excluding diaryl/α,β-unsaturated/α-hetero) is 1. The number of hydrogen-bond donors (Lipinski definition) is 1. The second kappa shape index (κ2) is 5.31. The molecule has 2 nitrogen and oxygen atoms in total. The summed E-state index contributed by atoms with van der Waals surface area (Å²) in [7, 11) is 0. The van der Waals surface area contributed by atoms with Gasteiger partial charge >= 0.3 is 0 Å². The van der Waals surface area contributed by atoms with Crippen LogP contribution in [0.15, 0.2) is 0 Å². The van der Waals surface area contributed by atoms with Crippen LogP contribution in [0.4, 0.5) is 0 Å². The van der Waals surface area contributed by atoms with Crippen LogP contribution in [0, 0.1) is 0 Å². The molecule has 0 aliphatic carbocycles. The van der Waals surface area contributed by atoms with Crippen molar-refractivity contribution in [1.29, 1.82) is 0 Å². The van der Waals surface area contributed by atoms with Gasteiger partial charge in [-0.3, -0.25) is 4.79 Å². The van der Waals surface area contributed by atoms with E-state index in [1.807, 2.05) is 13.8 Å². The summed E-state index contributed by atoms with van der Waals surface area (Å²) in [6.07, 6.45) is 3.11. The van der Waals surface area contributed by atoms with Gasteiger partial charge in [0, 0.05) is 0 Å². The molecular formula is C10H21NO. The summed E-state index contributed by atoms with van der Waals surface area (Å²) in [5.41, 5.74) is -0.153. The highest BCUT2D eigenvalue weighted by Gasteiger charge is 2.35. The Balaban J connectivity index is 0.000000561. The molecule has 0 unspecified atom stereocenters. The minimum Gasteiger partial charge on any atom is -0.305 e. The number of rotatable bonds is 2. The standard InChI is InChI=1S/C8H15NO.C2H6/c1-3-8(7(2)10)5-4-6-9-8;1-2/h9H,3-6H2,1-2H3;1-2H3/t8-;/m0./s1. The number of carbonyl (C=O) groups is 1. The van der Waals surface area contributed by atoms with E-state index >= 15 is 0 Å². The van der Waals surface area contributed by atoms with Crippen LogP contribution in [-0.4, -0.2) is 17.9 Å². The lowest BCUT2D eigenvalue weighted by Gasteiger charge is -2.24. The molecule has 1 atom stereocenters. The number of nitrogens with one attached hydrogen (secondary N) is 1. The van der Waals surface area contributed by atoms with E-state index in [2.05, 4.69) is 12.2 Å². The molecule has 0 saturated carbocycles. The van der Waals surface area contributed by atoms with E-state index in [1.54, 1.807) is 6.92 Å². The van der Waals surface area contributed by atoms with Crippen LogP contribution in [0.3, 0.4) is 0 Å². The van der Waals surface area contributed by atoms with Gasteiger partial charge in [-0.05, 0) is 32.7 Å². The minimum atomic E-state index is -0.153. The van der Waals surface area contributed by atoms with E-state index in [0.717, 1.165) is 25.8 Å². The topological polar surface area (TPSA) is 29.1 Å². The van der Waals surface area contributed by atoms with Crippen LogP contribution in [0.5, 0.6) is 0 Å². The van der Waals surface area contributed by atoms with Crippen molar-refractivity contribution in [3.05, 3.63) is 0 Å². The summed E-state index contributed by atoms with van der Waals surface area (Å²) >= 11 is 0. The quantitative estimate of drug-likeness (QED) is 0.689. The van der Waals surface area contributed by atoms with E-state index in [9.17, 15) is 4.79 Å². The van der Waals surface area contributed by atoms with Gasteiger partial charge in [0.1, 0.15) is 5.78 Å². The average Bonchev–Trinajstić information content (AvgIpc) is 2.57. The van der Waals surface area contributed by atoms with Crippen LogP contribution in [0.25, 0.3) is 0 Å². The number of carbonyl (C=O) groups excluding carboxylic acids is 1. The molecule has 1 N–H and O–H groups in total. The van der Waals surface area contributed by atoms with E-state index < -0.39 is 0 Å². The lowest BCUT2D eigenvalue weighted by molar-refractivity contribution is -0.122. The zero-order valence-corrected chi connectivity index (χ0v) is 8.74. The lowest BCUT2D eigenvalue weighted by Crippen LogP contribution is -2.45. The van der Waals surface area contributed by atoms with Crippen molar-refractivity contribution in [1.82, 2.24) is 5.32 Å². The van der Waals surface area contributed by atoms with Crippen molar-refractivity contribution in [3.8, 4) is 0 Å². The zero-order valence-electron chi connectivity index (χ0n) is 8.74. The van der Waals surface area contributed by atoms with Crippen LogP contribution >= 0.6 is 0 Å². The molecule has 0 spiro atoms. The number of ketones is 1. The van der Waals surface area contributed by atoms with Crippen molar-refractivity contribution in [3.63, 3.8) is 0 Å². The van der Waals surface area contributed by atoms with Crippen molar-refractivity contribution in [2.45, 2.75) is 52.5 Å². The molecule has 0 aromatic heterocycles. The summed E-state index contributed by atoms with van der Waals surface area (Å²) in [5.74, 6) is 0.299. The summed E-state index contributed by atoms with van der Waals surface area (Å²) < 4.78 is 0. The first-order valence-corrected chi connectivity index (χ1v) is 4.97. The fourth-order valence-electron chi connectivity index (χ4n) is 1.66. The highest BCUT2D eigenvalue weighted by molar-refractivity contribution is 5.86. The average molecular weight is 171 g/mol. The molecular weight excluding hydrogens is 150 g/mol. The third-order valence-electron chi connectivity index (χ3n) is 2.52. The van der Waals surface area contributed by atoms with Crippen LogP contribution < -0.4 is 5.32 Å². The third-order valence-corrected chi connectivity index (χ3v) is 2.52. The van der Waals surface area contributed by atoms with Gasteiger partial charge in [-0.1, -0.05) is 20.8 Å². The van der Waals surface area contributed by atoms with Gasteiger partial charge in [-0.2, -0.15) is 0 Å². The summed E-state index contributed by atoms with van der Waals surface area (Å²) in [4.78, 5) is 11.1. The molecule has 0 amide bonds. The minimum absolute atomic E-state index is 0.153. The fraction of sp³-hybridized carbons (Fsp3) is 0.900. The second-order valence-electron chi connectivity index (χ2n) is 3.02. The molecule has 0 aromatic carbocycles. The molecule has 72 valence electrons. The molecule has 0 radical (unpaired) electrons. The Kier molecular flexibility index (Phi) is 5.14. The molecule has 1 fully saturated rings. The van der Waals surface area contributed by atoms with Crippen molar-refractivity contribution in [2.24, 2.45) is 0 Å². The van der Waals surface area contributed by atoms with Gasteiger partial charge in [0.2, 0.25) is 0 Å². The predicted molar refractivity (Wildman–Crippen MR) is 52.3 cm³/mol. The Labute approximate surface area is 75.7 Å². The lowest BCUT2D eigenvalue weighted by atomic mass is 9.90. The molecule has 0 aromatic rings. The van der Waals surface area contributed by atoms with Gasteiger partial charge in [-0.25, -0.2) is 0 Å². The maximum atomic E-state index is 11.1. The molecule has 1 aliphatic rings. The normalized spacial score (nSPS) is 27.7. The maximum Gasteiger partial charge on any atom is 0.149 e. The van der Waals surface area contributed by atoms with Crippen LogP contribution in [0.2, 0.25) is 0 Å². The van der Waals surface area contributed by atoms with E-state index in [-0.39, 0.29) is 5.54 Å². The predicted octanol–water partition coefficient (Wildman–Crippen LogP) is 2.13. The van der Waals surface area contributed by atoms with E-state index in [4.69, 9.17) is 0 Å². The first-order chi connectivity index (χ1) is 5.71. The van der Waals surface area contributed by atoms with Gasteiger partial charge in [-0.15, -0.1) is 0 Å². The fourth-order valence-corrected chi connectivity index (χ4v) is 1.66. The number of hydrogen-bond acceptors (Lipinski definition) is 2. The Morgan fingerprint density at radius 3 is 2.25 bits per heavy atom. The Morgan fingerprint density at radius 2 is 2.08 bits per heavy atom. The van der Waals surface area contributed by atoms with Gasteiger partial charge in [0.05, 0.1) is 5.54 Å². The SMILES string of the molecule is CC.CC[C@@]1(C(C)=O)CCCN1. The monoisotopic (exact) mass is 171 g/mol. The van der Waals surface area contributed by atoms with E-state index in [0.29, 0.717) is 5.78 Å². The molecule has 1 rings (SSSR count). The molecule has 2 heteroatoms. The molecule has 0 bridgehead atoms. The Bertz CT molecular complexity index is 137. The highest BCUT2D eigenvalue weighted by Crippen LogP contribution is 2.23. The van der Waals surface area contributed by atoms with Gasteiger partial charge < -0.3 is 5.32 Å². The summed E-state index contributed by atoms with van der Waals surface area (Å²) in [5, 5.41) is 3.27. The highest BCUT2D eigenvalue weighted by atomic mass is 16.1. The molecule has 1 heterocycles. The van der Waals surface area contributed by atoms with Crippen molar-refractivity contribution in [2.75, 3.05) is 6.54 Å².